The Kier molecular flexibility index (Phi) is 7.96. The number of aromatic nitrogens is 3. The summed E-state index contributed by atoms with van der Waals surface area (Å²) in [4.78, 5) is 27.9. The van der Waals surface area contributed by atoms with E-state index in [1.54, 1.807) is 12.4 Å². The van der Waals surface area contributed by atoms with E-state index >= 15 is 0 Å². The molecule has 4 aromatic rings. The first-order valence-electron chi connectivity index (χ1n) is 12.7. The Labute approximate surface area is 221 Å². The lowest BCUT2D eigenvalue weighted by atomic mass is 10.1. The van der Waals surface area contributed by atoms with Crippen molar-refractivity contribution in [1.29, 1.82) is 0 Å². The van der Waals surface area contributed by atoms with E-state index in [9.17, 15) is 4.79 Å². The number of carbonyl (C=O) groups is 1. The lowest BCUT2D eigenvalue weighted by Crippen LogP contribution is -2.35. The fourth-order valence-corrected chi connectivity index (χ4v) is 4.59. The van der Waals surface area contributed by atoms with Crippen LogP contribution < -0.4 is 16.0 Å². The SMILES string of the molecule is O=C(c1ccc(Nc2nccc(NCCCNc3ccnc4cc(Cl)ccc34)n2)cc1)N1CCCCC1. The molecule has 0 atom stereocenters. The first kappa shape index (κ1) is 24.8. The molecule has 1 aliphatic rings. The summed E-state index contributed by atoms with van der Waals surface area (Å²) in [7, 11) is 0. The summed E-state index contributed by atoms with van der Waals surface area (Å²) in [6.07, 6.45) is 7.78. The average Bonchev–Trinajstić information content (AvgIpc) is 2.93. The topological polar surface area (TPSA) is 95.1 Å². The first-order valence-corrected chi connectivity index (χ1v) is 13.0. The van der Waals surface area contributed by atoms with Crippen LogP contribution in [0.2, 0.25) is 5.02 Å². The van der Waals surface area contributed by atoms with Gasteiger partial charge in [0, 0.05) is 65.9 Å². The quantitative estimate of drug-likeness (QED) is 0.237. The molecule has 37 heavy (non-hydrogen) atoms. The summed E-state index contributed by atoms with van der Waals surface area (Å²) >= 11 is 6.08. The van der Waals surface area contributed by atoms with Crippen LogP contribution in [0.25, 0.3) is 10.9 Å². The Hall–Kier alpha value is -3.91. The molecule has 0 saturated carbocycles. The standard InChI is InChI=1S/C28H30ClN7O/c29-21-7-10-23-24(11-15-31-25(23)19-21)30-13-4-14-32-26-12-16-33-28(35-26)34-22-8-5-20(6-9-22)27(37)36-17-2-1-3-18-36/h5-12,15-16,19H,1-4,13-14,17-18H2,(H,30,31)(H2,32,33,34,35). The van der Waals surface area contributed by atoms with E-state index in [1.807, 2.05) is 59.5 Å². The van der Waals surface area contributed by atoms with Crippen molar-refractivity contribution in [2.24, 2.45) is 0 Å². The second-order valence-electron chi connectivity index (χ2n) is 9.05. The first-order chi connectivity index (χ1) is 18.2. The highest BCUT2D eigenvalue weighted by molar-refractivity contribution is 6.31. The van der Waals surface area contributed by atoms with E-state index in [0.717, 1.165) is 73.5 Å². The van der Waals surface area contributed by atoms with E-state index in [0.29, 0.717) is 16.5 Å². The van der Waals surface area contributed by atoms with Crippen LogP contribution >= 0.6 is 11.6 Å². The molecule has 1 aliphatic heterocycles. The summed E-state index contributed by atoms with van der Waals surface area (Å²) in [5, 5.41) is 11.8. The van der Waals surface area contributed by atoms with Gasteiger partial charge in [-0.05, 0) is 80.3 Å². The summed E-state index contributed by atoms with van der Waals surface area (Å²) < 4.78 is 0. The highest BCUT2D eigenvalue weighted by Crippen LogP contribution is 2.24. The Balaban J connectivity index is 1.10. The molecule has 0 bridgehead atoms. The Morgan fingerprint density at radius 2 is 1.68 bits per heavy atom. The summed E-state index contributed by atoms with van der Waals surface area (Å²) in [6.45, 7) is 3.25. The molecular formula is C28H30ClN7O. The lowest BCUT2D eigenvalue weighted by molar-refractivity contribution is 0.0724. The number of pyridine rings is 1. The van der Waals surface area contributed by atoms with Crippen LogP contribution in [-0.4, -0.2) is 51.9 Å². The van der Waals surface area contributed by atoms with Crippen LogP contribution in [0.3, 0.4) is 0 Å². The number of piperidine rings is 1. The van der Waals surface area contributed by atoms with Crippen molar-refractivity contribution in [3.63, 3.8) is 0 Å². The molecule has 3 heterocycles. The smallest absolute Gasteiger partial charge is 0.253 e. The molecule has 3 N–H and O–H groups in total. The van der Waals surface area contributed by atoms with Crippen molar-refractivity contribution in [3.8, 4) is 0 Å². The molecule has 9 heteroatoms. The third-order valence-electron chi connectivity index (χ3n) is 6.37. The molecule has 1 saturated heterocycles. The minimum atomic E-state index is 0.102. The Morgan fingerprint density at radius 1 is 0.892 bits per heavy atom. The Morgan fingerprint density at radius 3 is 2.51 bits per heavy atom. The van der Waals surface area contributed by atoms with Gasteiger partial charge < -0.3 is 20.9 Å². The number of fused-ring (bicyclic) bond motifs is 1. The van der Waals surface area contributed by atoms with Gasteiger partial charge in [0.05, 0.1) is 5.52 Å². The average molecular weight is 516 g/mol. The fraction of sp³-hybridized carbons (Fsp3) is 0.286. The molecule has 2 aromatic heterocycles. The van der Waals surface area contributed by atoms with E-state index in [1.165, 1.54) is 6.42 Å². The van der Waals surface area contributed by atoms with Crippen molar-refractivity contribution in [3.05, 3.63) is 77.6 Å². The van der Waals surface area contributed by atoms with E-state index < -0.39 is 0 Å². The van der Waals surface area contributed by atoms with Gasteiger partial charge in [0.1, 0.15) is 5.82 Å². The van der Waals surface area contributed by atoms with Crippen molar-refractivity contribution in [1.82, 2.24) is 19.9 Å². The third-order valence-corrected chi connectivity index (χ3v) is 6.60. The molecule has 1 amide bonds. The van der Waals surface area contributed by atoms with E-state index in [4.69, 9.17) is 11.6 Å². The molecule has 0 radical (unpaired) electrons. The van der Waals surface area contributed by atoms with Gasteiger partial charge in [0.2, 0.25) is 5.95 Å². The minimum Gasteiger partial charge on any atom is -0.384 e. The highest BCUT2D eigenvalue weighted by Gasteiger charge is 2.17. The monoisotopic (exact) mass is 515 g/mol. The zero-order valence-electron chi connectivity index (χ0n) is 20.6. The third kappa shape index (κ3) is 6.46. The second kappa shape index (κ2) is 11.9. The summed E-state index contributed by atoms with van der Waals surface area (Å²) in [6, 6.07) is 17.1. The van der Waals surface area contributed by atoms with Gasteiger partial charge in [0.25, 0.3) is 5.91 Å². The van der Waals surface area contributed by atoms with Crippen molar-refractivity contribution >= 4 is 51.6 Å². The van der Waals surface area contributed by atoms with Gasteiger partial charge in [-0.3, -0.25) is 9.78 Å². The van der Waals surface area contributed by atoms with Gasteiger partial charge in [-0.2, -0.15) is 4.98 Å². The zero-order valence-corrected chi connectivity index (χ0v) is 21.3. The molecule has 1 fully saturated rings. The van der Waals surface area contributed by atoms with Crippen molar-refractivity contribution < 1.29 is 4.79 Å². The molecule has 5 rings (SSSR count). The molecule has 0 spiro atoms. The summed E-state index contributed by atoms with van der Waals surface area (Å²) in [5.74, 6) is 1.35. The molecule has 8 nitrogen and oxygen atoms in total. The molecule has 190 valence electrons. The predicted molar refractivity (Wildman–Crippen MR) is 150 cm³/mol. The number of nitrogens with one attached hydrogen (secondary N) is 3. The largest absolute Gasteiger partial charge is 0.384 e. The zero-order chi connectivity index (χ0) is 25.5. The van der Waals surface area contributed by atoms with Crippen molar-refractivity contribution in [2.45, 2.75) is 25.7 Å². The summed E-state index contributed by atoms with van der Waals surface area (Å²) in [5.41, 5.74) is 3.46. The number of rotatable bonds is 9. The number of nitrogens with zero attached hydrogens (tertiary/aromatic N) is 4. The maximum absolute atomic E-state index is 12.7. The van der Waals surface area contributed by atoms with Gasteiger partial charge in [-0.1, -0.05) is 11.6 Å². The molecular weight excluding hydrogens is 486 g/mol. The highest BCUT2D eigenvalue weighted by atomic mass is 35.5. The molecule has 0 unspecified atom stereocenters. The number of hydrogen-bond donors (Lipinski definition) is 3. The predicted octanol–water partition coefficient (Wildman–Crippen LogP) is 5.96. The van der Waals surface area contributed by atoms with Gasteiger partial charge in [-0.25, -0.2) is 4.98 Å². The molecule has 0 aliphatic carbocycles. The molecule has 2 aromatic carbocycles. The number of likely N-dealkylation sites (tertiary alicyclic amines) is 1. The van der Waals surface area contributed by atoms with Crippen LogP contribution in [0, 0.1) is 0 Å². The van der Waals surface area contributed by atoms with Crippen LogP contribution in [0.1, 0.15) is 36.0 Å². The van der Waals surface area contributed by atoms with Gasteiger partial charge >= 0.3 is 0 Å². The number of benzene rings is 2. The van der Waals surface area contributed by atoms with Crippen LogP contribution in [-0.2, 0) is 0 Å². The fourth-order valence-electron chi connectivity index (χ4n) is 4.43. The second-order valence-corrected chi connectivity index (χ2v) is 9.48. The minimum absolute atomic E-state index is 0.102. The van der Waals surface area contributed by atoms with Gasteiger partial charge in [-0.15, -0.1) is 0 Å². The van der Waals surface area contributed by atoms with Crippen LogP contribution in [0.15, 0.2) is 67.0 Å². The Bertz CT molecular complexity index is 1360. The van der Waals surface area contributed by atoms with Crippen LogP contribution in [0.4, 0.5) is 23.1 Å². The van der Waals surface area contributed by atoms with E-state index in [-0.39, 0.29) is 5.91 Å². The lowest BCUT2D eigenvalue weighted by Gasteiger charge is -2.26. The number of hydrogen-bond acceptors (Lipinski definition) is 7. The van der Waals surface area contributed by atoms with E-state index in [2.05, 4.69) is 30.9 Å². The number of anilines is 4. The number of carbonyl (C=O) groups excluding carboxylic acids is 1. The maximum atomic E-state index is 12.7. The number of amides is 1. The normalized spacial score (nSPS) is 13.4. The van der Waals surface area contributed by atoms with Gasteiger partial charge in [0.15, 0.2) is 0 Å². The maximum Gasteiger partial charge on any atom is 0.253 e. The number of halogens is 1. The van der Waals surface area contributed by atoms with Crippen LogP contribution in [0.5, 0.6) is 0 Å². The van der Waals surface area contributed by atoms with Crippen molar-refractivity contribution in [2.75, 3.05) is 42.1 Å².